The van der Waals surface area contributed by atoms with Crippen LogP contribution in [-0.4, -0.2) is 92.1 Å². The van der Waals surface area contributed by atoms with Crippen molar-refractivity contribution in [3.63, 3.8) is 0 Å². The molecule has 10 nitrogen and oxygen atoms in total. The molecule has 1 aromatic heterocycles. The third-order valence-electron chi connectivity index (χ3n) is 6.20. The number of carbonyl (C=O) groups is 1. The summed E-state index contributed by atoms with van der Waals surface area (Å²) in [5, 5.41) is 6.28. The second kappa shape index (κ2) is 9.62. The van der Waals surface area contributed by atoms with Crippen molar-refractivity contribution in [2.75, 3.05) is 56.7 Å². The van der Waals surface area contributed by atoms with E-state index in [2.05, 4.69) is 44.5 Å². The van der Waals surface area contributed by atoms with Gasteiger partial charge in [0.15, 0.2) is 0 Å². The highest BCUT2D eigenvalue weighted by molar-refractivity contribution is 7.88. The zero-order valence-electron chi connectivity index (χ0n) is 19.2. The van der Waals surface area contributed by atoms with Crippen LogP contribution in [0.25, 0.3) is 0 Å². The first kappa shape index (κ1) is 23.4. The van der Waals surface area contributed by atoms with Crippen molar-refractivity contribution >= 4 is 33.4 Å². The highest BCUT2D eigenvalue weighted by atomic mass is 32.2. The summed E-state index contributed by atoms with van der Waals surface area (Å²) < 4.78 is 24.7. The summed E-state index contributed by atoms with van der Waals surface area (Å²) in [6.45, 7) is 2.68. The molecule has 0 saturated carbocycles. The third-order valence-corrected chi connectivity index (χ3v) is 7.50. The van der Waals surface area contributed by atoms with Crippen molar-refractivity contribution in [3.05, 3.63) is 42.1 Å². The van der Waals surface area contributed by atoms with Crippen molar-refractivity contribution in [2.24, 2.45) is 0 Å². The average molecular weight is 474 g/mol. The number of nitrogens with zero attached hydrogens (tertiary/aromatic N) is 5. The lowest BCUT2D eigenvalue weighted by molar-refractivity contribution is 0.0924. The molecular weight excluding hydrogens is 442 g/mol. The number of piperidine rings is 1. The quantitative estimate of drug-likeness (QED) is 0.616. The largest absolute Gasteiger partial charge is 0.349 e. The summed E-state index contributed by atoms with van der Waals surface area (Å²) in [6, 6.07) is 9.53. The first-order valence-electron chi connectivity index (χ1n) is 11.1. The number of likely N-dealkylation sites (N-methyl/N-ethyl adjacent to an activating group) is 1. The fourth-order valence-electron chi connectivity index (χ4n) is 3.97. The van der Waals surface area contributed by atoms with Crippen molar-refractivity contribution in [1.82, 2.24) is 24.5 Å². The van der Waals surface area contributed by atoms with E-state index in [9.17, 15) is 13.2 Å². The van der Waals surface area contributed by atoms with Crippen LogP contribution in [0.15, 0.2) is 36.5 Å². The number of nitrogens with one attached hydrogen (secondary N) is 2. The summed E-state index contributed by atoms with van der Waals surface area (Å²) in [6.07, 6.45) is 4.18. The normalized spacial score (nSPS) is 18.2. The Hall–Kier alpha value is -2.76. The maximum atomic E-state index is 12.6. The molecule has 0 radical (unpaired) electrons. The Bertz CT molecular complexity index is 1080. The van der Waals surface area contributed by atoms with Crippen LogP contribution in [0.2, 0.25) is 0 Å². The minimum Gasteiger partial charge on any atom is -0.349 e. The Labute approximate surface area is 195 Å². The molecule has 1 amide bonds. The highest BCUT2D eigenvalue weighted by Gasteiger charge is 2.30. The van der Waals surface area contributed by atoms with Gasteiger partial charge in [-0.05, 0) is 57.3 Å². The lowest BCUT2D eigenvalue weighted by Crippen LogP contribution is -2.58. The molecule has 2 aliphatic rings. The Morgan fingerprint density at radius 3 is 2.36 bits per heavy atom. The second-order valence-electron chi connectivity index (χ2n) is 8.88. The summed E-state index contributed by atoms with van der Waals surface area (Å²) in [4.78, 5) is 25.9. The van der Waals surface area contributed by atoms with E-state index < -0.39 is 10.0 Å². The maximum Gasteiger partial charge on any atom is 0.251 e. The molecule has 2 fully saturated rings. The molecule has 2 saturated heterocycles. The monoisotopic (exact) mass is 473 g/mol. The Morgan fingerprint density at radius 2 is 1.76 bits per heavy atom. The summed E-state index contributed by atoms with van der Waals surface area (Å²) >= 11 is 0. The Kier molecular flexibility index (Phi) is 6.82. The standard InChI is InChI=1S/C22H31N7O3S/c1-27(2)19-14-28(15-19)22-23-11-8-20(26-22)24-17-6-4-16(5-7-17)21(30)25-18-9-12-29(13-10-18)33(3,31)32/h4-8,11,18-19H,9-10,12-15H2,1-3H3,(H,25,30)(H,23,24,26). The van der Waals surface area contributed by atoms with Crippen molar-refractivity contribution in [1.29, 1.82) is 0 Å². The molecule has 4 rings (SSSR count). The van der Waals surface area contributed by atoms with Crippen molar-refractivity contribution in [3.8, 4) is 0 Å². The van der Waals surface area contributed by atoms with Gasteiger partial charge in [-0.2, -0.15) is 4.98 Å². The highest BCUT2D eigenvalue weighted by Crippen LogP contribution is 2.22. The molecule has 178 valence electrons. The zero-order chi connectivity index (χ0) is 23.6. The van der Waals surface area contributed by atoms with Crippen molar-refractivity contribution in [2.45, 2.75) is 24.9 Å². The van der Waals surface area contributed by atoms with Gasteiger partial charge < -0.3 is 20.4 Å². The van der Waals surface area contributed by atoms with Gasteiger partial charge >= 0.3 is 0 Å². The van der Waals surface area contributed by atoms with Gasteiger partial charge in [-0.1, -0.05) is 0 Å². The molecule has 11 heteroatoms. The molecular formula is C22H31N7O3S. The average Bonchev–Trinajstić information content (AvgIpc) is 2.73. The topological polar surface area (TPSA) is 111 Å². The first-order valence-corrected chi connectivity index (χ1v) is 12.9. The predicted molar refractivity (Wildman–Crippen MR) is 128 cm³/mol. The van der Waals surface area contributed by atoms with Crippen LogP contribution in [0, 0.1) is 0 Å². The van der Waals surface area contributed by atoms with E-state index in [1.165, 1.54) is 10.6 Å². The van der Waals surface area contributed by atoms with Crippen LogP contribution in [0.3, 0.4) is 0 Å². The van der Waals surface area contributed by atoms with Gasteiger partial charge in [0.2, 0.25) is 16.0 Å². The van der Waals surface area contributed by atoms with Gasteiger partial charge in [-0.25, -0.2) is 17.7 Å². The molecule has 0 aliphatic carbocycles. The molecule has 33 heavy (non-hydrogen) atoms. The number of sulfonamides is 1. The number of amides is 1. The van der Waals surface area contributed by atoms with Crippen molar-refractivity contribution < 1.29 is 13.2 Å². The fraction of sp³-hybridized carbons (Fsp3) is 0.500. The number of rotatable bonds is 7. The van der Waals surface area contributed by atoms with Crippen LogP contribution in [-0.2, 0) is 10.0 Å². The van der Waals surface area contributed by atoms with Crippen LogP contribution >= 0.6 is 0 Å². The molecule has 2 aromatic rings. The lowest BCUT2D eigenvalue weighted by atomic mass is 10.1. The van der Waals surface area contributed by atoms with Gasteiger partial charge in [0.1, 0.15) is 5.82 Å². The third kappa shape index (κ3) is 5.79. The number of carbonyl (C=O) groups excluding carboxylic acids is 1. The molecule has 3 heterocycles. The minimum absolute atomic E-state index is 0.0265. The van der Waals surface area contributed by atoms with Crippen LogP contribution < -0.4 is 15.5 Å². The number of hydrogen-bond donors (Lipinski definition) is 2. The number of anilines is 3. The van der Waals surface area contributed by atoms with Gasteiger partial charge in [0, 0.05) is 55.7 Å². The van der Waals surface area contributed by atoms with E-state index in [4.69, 9.17) is 0 Å². The number of hydrogen-bond acceptors (Lipinski definition) is 8. The van der Waals surface area contributed by atoms with E-state index >= 15 is 0 Å². The van der Waals surface area contributed by atoms with E-state index in [-0.39, 0.29) is 11.9 Å². The molecule has 2 N–H and O–H groups in total. The van der Waals surface area contributed by atoms with Crippen LogP contribution in [0.5, 0.6) is 0 Å². The second-order valence-corrected chi connectivity index (χ2v) is 10.9. The van der Waals surface area contributed by atoms with Gasteiger partial charge in [0.05, 0.1) is 6.26 Å². The van der Waals surface area contributed by atoms with Crippen LogP contribution in [0.1, 0.15) is 23.2 Å². The SMILES string of the molecule is CN(C)C1CN(c2nccc(Nc3ccc(C(=O)NC4CCN(S(C)(=O)=O)CC4)cc3)n2)C1. The van der Waals surface area contributed by atoms with E-state index in [0.717, 1.165) is 18.8 Å². The molecule has 0 bridgehead atoms. The number of benzene rings is 1. The van der Waals surface area contributed by atoms with Gasteiger partial charge in [-0.3, -0.25) is 4.79 Å². The van der Waals surface area contributed by atoms with Crippen LogP contribution in [0.4, 0.5) is 17.5 Å². The molecule has 2 aliphatic heterocycles. The smallest absolute Gasteiger partial charge is 0.251 e. The fourth-order valence-corrected chi connectivity index (χ4v) is 4.84. The molecule has 0 unspecified atom stereocenters. The summed E-state index contributed by atoms with van der Waals surface area (Å²) in [5.74, 6) is 1.25. The van der Waals surface area contributed by atoms with E-state index in [0.29, 0.717) is 49.3 Å². The lowest BCUT2D eigenvalue weighted by Gasteiger charge is -2.42. The summed E-state index contributed by atoms with van der Waals surface area (Å²) in [7, 11) is 0.979. The predicted octanol–water partition coefficient (Wildman–Crippen LogP) is 1.12. The summed E-state index contributed by atoms with van der Waals surface area (Å²) in [5.41, 5.74) is 1.39. The molecule has 1 aromatic carbocycles. The number of aromatic nitrogens is 2. The Balaban J connectivity index is 1.30. The van der Waals surface area contributed by atoms with Gasteiger partial charge in [0.25, 0.3) is 5.91 Å². The van der Waals surface area contributed by atoms with Gasteiger partial charge in [-0.15, -0.1) is 0 Å². The molecule has 0 spiro atoms. The first-order chi connectivity index (χ1) is 15.7. The molecule has 0 atom stereocenters. The zero-order valence-corrected chi connectivity index (χ0v) is 20.0. The van der Waals surface area contributed by atoms with E-state index in [1.807, 2.05) is 18.2 Å². The maximum absolute atomic E-state index is 12.6. The Morgan fingerprint density at radius 1 is 1.09 bits per heavy atom. The minimum atomic E-state index is -3.17. The van der Waals surface area contributed by atoms with E-state index in [1.54, 1.807) is 18.3 Å².